The first-order valence-corrected chi connectivity index (χ1v) is 12.7. The van der Waals surface area contributed by atoms with Gasteiger partial charge in [-0.05, 0) is 37.1 Å². The number of aromatic nitrogens is 1. The van der Waals surface area contributed by atoms with E-state index >= 15 is 0 Å². The van der Waals surface area contributed by atoms with E-state index in [1.54, 1.807) is 30.2 Å². The van der Waals surface area contributed by atoms with Crippen LogP contribution in [-0.2, 0) is 9.53 Å². The number of nitrogens with zero attached hydrogens (tertiary/aromatic N) is 3. The van der Waals surface area contributed by atoms with Gasteiger partial charge in [0.15, 0.2) is 5.13 Å². The fraction of sp³-hybridized carbons (Fsp3) is 0.417. The Bertz CT molecular complexity index is 1040. The Hall–Kier alpha value is -1.84. The molecule has 4 rings (SSSR count). The molecule has 6 nitrogen and oxygen atoms in total. The van der Waals surface area contributed by atoms with Crippen LogP contribution in [0.1, 0.15) is 12.0 Å². The number of amides is 1. The number of thiazole rings is 1. The summed E-state index contributed by atoms with van der Waals surface area (Å²) in [6.07, 6.45) is 0.897. The van der Waals surface area contributed by atoms with Crippen LogP contribution in [0.2, 0.25) is 0 Å². The van der Waals surface area contributed by atoms with Crippen molar-refractivity contribution in [3.8, 4) is 5.75 Å². The number of aryl methyl sites for hydroxylation is 1. The average Bonchev–Trinajstić information content (AvgIpc) is 3.28. The predicted octanol–water partition coefficient (Wildman–Crippen LogP) is 4.88. The maximum atomic E-state index is 13.3. The predicted molar refractivity (Wildman–Crippen MR) is 140 cm³/mol. The number of carbonyl (C=O) groups excluding carboxylic acids is 1. The second kappa shape index (κ2) is 12.6. The standard InChI is InChI=1S/C24H29N3O3S2.ClH/c1-18-9-10-20(29-2)22-23(18)32-24(25-22)27(12-6-11-26-13-15-30-16-14-26)21(28)17-31-19-7-4-3-5-8-19;/h3-5,7-10H,6,11-17H2,1-2H3;1H. The fourth-order valence-electron chi connectivity index (χ4n) is 3.72. The van der Waals surface area contributed by atoms with Crippen LogP contribution < -0.4 is 9.64 Å². The lowest BCUT2D eigenvalue weighted by Crippen LogP contribution is -2.39. The molecule has 2 aromatic carbocycles. The molecule has 1 amide bonds. The lowest BCUT2D eigenvalue weighted by atomic mass is 10.2. The van der Waals surface area contributed by atoms with E-state index in [9.17, 15) is 4.79 Å². The number of methoxy groups -OCH3 is 1. The van der Waals surface area contributed by atoms with E-state index in [0.29, 0.717) is 12.3 Å². The second-order valence-corrected chi connectivity index (χ2v) is 9.74. The number of carbonyl (C=O) groups is 1. The van der Waals surface area contributed by atoms with Crippen molar-refractivity contribution in [1.29, 1.82) is 0 Å². The van der Waals surface area contributed by atoms with Crippen molar-refractivity contribution in [2.75, 3.05) is 57.2 Å². The highest BCUT2D eigenvalue weighted by Gasteiger charge is 2.22. The van der Waals surface area contributed by atoms with Crippen molar-refractivity contribution < 1.29 is 14.3 Å². The third-order valence-electron chi connectivity index (χ3n) is 5.51. The highest BCUT2D eigenvalue weighted by atomic mass is 35.5. The number of benzene rings is 2. The van der Waals surface area contributed by atoms with Crippen LogP contribution in [0.25, 0.3) is 10.2 Å². The molecule has 9 heteroatoms. The van der Waals surface area contributed by atoms with Crippen molar-refractivity contribution in [3.05, 3.63) is 48.0 Å². The zero-order valence-corrected chi connectivity index (χ0v) is 21.4. The van der Waals surface area contributed by atoms with Crippen LogP contribution >= 0.6 is 35.5 Å². The number of halogens is 1. The summed E-state index contributed by atoms with van der Waals surface area (Å²) < 4.78 is 12.0. The number of hydrogen-bond donors (Lipinski definition) is 0. The van der Waals surface area contributed by atoms with E-state index in [1.165, 1.54) is 0 Å². The van der Waals surface area contributed by atoms with Crippen molar-refractivity contribution >= 4 is 56.8 Å². The van der Waals surface area contributed by atoms with Gasteiger partial charge in [0, 0.05) is 31.1 Å². The topological polar surface area (TPSA) is 54.9 Å². The normalized spacial score (nSPS) is 14.1. The van der Waals surface area contributed by atoms with Gasteiger partial charge in [0.2, 0.25) is 5.91 Å². The minimum atomic E-state index is 0. The SMILES string of the molecule is COc1ccc(C)c2sc(N(CCCN3CCOCC3)C(=O)CSc3ccccc3)nc12.Cl. The van der Waals surface area contributed by atoms with Crippen molar-refractivity contribution in [1.82, 2.24) is 9.88 Å². The zero-order chi connectivity index (χ0) is 22.3. The number of thioether (sulfide) groups is 1. The Kier molecular flexibility index (Phi) is 9.82. The molecular weight excluding hydrogens is 478 g/mol. The minimum absolute atomic E-state index is 0. The molecule has 1 aromatic heterocycles. The quantitative estimate of drug-likeness (QED) is 0.385. The molecule has 1 aliphatic heterocycles. The molecule has 0 aliphatic carbocycles. The number of morpholine rings is 1. The van der Waals surface area contributed by atoms with Crippen molar-refractivity contribution in [3.63, 3.8) is 0 Å². The first-order valence-electron chi connectivity index (χ1n) is 10.9. The highest BCUT2D eigenvalue weighted by Crippen LogP contribution is 2.36. The summed E-state index contributed by atoms with van der Waals surface area (Å²) in [4.78, 5) is 23.5. The number of ether oxygens (including phenoxy) is 2. The molecule has 178 valence electrons. The lowest BCUT2D eigenvalue weighted by Gasteiger charge is -2.27. The van der Waals surface area contributed by atoms with E-state index in [1.807, 2.05) is 47.4 Å². The summed E-state index contributed by atoms with van der Waals surface area (Å²) in [6, 6.07) is 14.0. The van der Waals surface area contributed by atoms with E-state index in [-0.39, 0.29) is 18.3 Å². The molecule has 33 heavy (non-hydrogen) atoms. The van der Waals surface area contributed by atoms with Crippen LogP contribution in [0, 0.1) is 6.92 Å². The Labute approximate surface area is 209 Å². The Morgan fingerprint density at radius 3 is 2.70 bits per heavy atom. The Morgan fingerprint density at radius 1 is 1.21 bits per heavy atom. The molecule has 0 radical (unpaired) electrons. The summed E-state index contributed by atoms with van der Waals surface area (Å²) in [5, 5.41) is 0.744. The molecule has 0 spiro atoms. The van der Waals surface area contributed by atoms with Gasteiger partial charge in [-0.2, -0.15) is 0 Å². The van der Waals surface area contributed by atoms with Crippen LogP contribution in [0.5, 0.6) is 5.75 Å². The van der Waals surface area contributed by atoms with Crippen LogP contribution in [0.15, 0.2) is 47.4 Å². The van der Waals surface area contributed by atoms with Gasteiger partial charge < -0.3 is 9.47 Å². The molecule has 0 N–H and O–H groups in total. The molecule has 1 aliphatic rings. The second-order valence-electron chi connectivity index (χ2n) is 7.71. The molecule has 1 fully saturated rings. The van der Waals surface area contributed by atoms with Gasteiger partial charge in [-0.3, -0.25) is 14.6 Å². The summed E-state index contributed by atoms with van der Waals surface area (Å²) >= 11 is 3.13. The van der Waals surface area contributed by atoms with Crippen LogP contribution in [-0.4, -0.2) is 68.0 Å². The Morgan fingerprint density at radius 2 is 1.97 bits per heavy atom. The molecule has 3 aromatic rings. The maximum Gasteiger partial charge on any atom is 0.239 e. The van der Waals surface area contributed by atoms with Crippen LogP contribution in [0.4, 0.5) is 5.13 Å². The van der Waals surface area contributed by atoms with Gasteiger partial charge in [0.25, 0.3) is 0 Å². The number of hydrogen-bond acceptors (Lipinski definition) is 7. The monoisotopic (exact) mass is 507 g/mol. The number of anilines is 1. The van der Waals surface area contributed by atoms with E-state index < -0.39 is 0 Å². The largest absolute Gasteiger partial charge is 0.494 e. The Balaban J connectivity index is 0.00000306. The molecule has 0 saturated carbocycles. The third-order valence-corrected chi connectivity index (χ3v) is 7.72. The van der Waals surface area contributed by atoms with Crippen molar-refractivity contribution in [2.45, 2.75) is 18.2 Å². The first-order chi connectivity index (χ1) is 15.7. The number of fused-ring (bicyclic) bond motifs is 1. The van der Waals surface area contributed by atoms with Gasteiger partial charge in [-0.25, -0.2) is 4.98 Å². The molecular formula is C24H30ClN3O3S2. The zero-order valence-electron chi connectivity index (χ0n) is 19.0. The maximum absolute atomic E-state index is 13.3. The van der Waals surface area contributed by atoms with E-state index in [4.69, 9.17) is 14.5 Å². The number of rotatable bonds is 9. The van der Waals surface area contributed by atoms with Gasteiger partial charge >= 0.3 is 0 Å². The highest BCUT2D eigenvalue weighted by molar-refractivity contribution is 8.00. The smallest absolute Gasteiger partial charge is 0.239 e. The van der Waals surface area contributed by atoms with E-state index in [2.05, 4.69) is 11.8 Å². The van der Waals surface area contributed by atoms with Crippen LogP contribution in [0.3, 0.4) is 0 Å². The van der Waals surface area contributed by atoms with Gasteiger partial charge in [0.05, 0.1) is 30.8 Å². The van der Waals surface area contributed by atoms with E-state index in [0.717, 1.165) is 70.8 Å². The summed E-state index contributed by atoms with van der Waals surface area (Å²) in [7, 11) is 1.66. The molecule has 0 unspecified atom stereocenters. The lowest BCUT2D eigenvalue weighted by molar-refractivity contribution is -0.116. The first kappa shape index (κ1) is 25.8. The summed E-state index contributed by atoms with van der Waals surface area (Å²) in [5.41, 5.74) is 1.97. The molecule has 0 atom stereocenters. The molecule has 2 heterocycles. The molecule has 1 saturated heterocycles. The fourth-order valence-corrected chi connectivity index (χ4v) is 5.61. The average molecular weight is 508 g/mol. The van der Waals surface area contributed by atoms with Gasteiger partial charge in [0.1, 0.15) is 11.3 Å². The van der Waals surface area contributed by atoms with Gasteiger partial charge in [-0.1, -0.05) is 35.6 Å². The van der Waals surface area contributed by atoms with Crippen molar-refractivity contribution in [2.24, 2.45) is 0 Å². The summed E-state index contributed by atoms with van der Waals surface area (Å²) in [5.74, 6) is 1.21. The third kappa shape index (κ3) is 6.61. The summed E-state index contributed by atoms with van der Waals surface area (Å²) in [6.45, 7) is 7.14. The minimum Gasteiger partial charge on any atom is -0.494 e. The van der Waals surface area contributed by atoms with Gasteiger partial charge in [-0.15, -0.1) is 24.2 Å². The molecule has 0 bridgehead atoms.